The molecule has 0 aromatic rings. The van der Waals surface area contributed by atoms with Crippen molar-refractivity contribution in [2.75, 3.05) is 6.61 Å². The van der Waals surface area contributed by atoms with Crippen molar-refractivity contribution in [1.29, 1.82) is 0 Å². The first-order chi connectivity index (χ1) is 16.6. The highest BCUT2D eigenvalue weighted by Crippen LogP contribution is 2.14. The van der Waals surface area contributed by atoms with Crippen molar-refractivity contribution in [1.82, 2.24) is 5.32 Å². The van der Waals surface area contributed by atoms with Crippen LogP contribution in [0.4, 0.5) is 0 Å². The summed E-state index contributed by atoms with van der Waals surface area (Å²) in [6, 6.07) is -0.807. The van der Waals surface area contributed by atoms with Crippen LogP contribution in [0.15, 0.2) is 12.2 Å². The minimum absolute atomic E-state index is 0.163. The third-order valence-corrected chi connectivity index (χ3v) is 6.62. The standard InChI is InChI=1S/C29H57NO4/c1-3-5-7-9-11-13-15-17-19-21-23-27(32)29(34)26(25-31)30-28(33)24-22-20-18-16-14-12-10-8-6-4-2/h10,12,26-27,29,31-32,34H,3-9,11,13-25H2,1-2H3,(H,30,33)/b12-10-. The van der Waals surface area contributed by atoms with Gasteiger partial charge in [-0.2, -0.15) is 0 Å². The molecule has 0 saturated heterocycles. The molecule has 0 radical (unpaired) electrons. The molecule has 5 heteroatoms. The largest absolute Gasteiger partial charge is 0.394 e. The van der Waals surface area contributed by atoms with Gasteiger partial charge in [-0.15, -0.1) is 0 Å². The normalized spacial score (nSPS) is 14.4. The molecular weight excluding hydrogens is 426 g/mol. The molecule has 0 spiro atoms. The number of aliphatic hydroxyl groups excluding tert-OH is 3. The van der Waals surface area contributed by atoms with Gasteiger partial charge in [-0.1, -0.05) is 116 Å². The molecule has 0 heterocycles. The third kappa shape index (κ3) is 20.5. The van der Waals surface area contributed by atoms with Crippen molar-refractivity contribution in [3.63, 3.8) is 0 Å². The molecule has 0 saturated carbocycles. The van der Waals surface area contributed by atoms with E-state index >= 15 is 0 Å². The number of allylic oxidation sites excluding steroid dienone is 2. The van der Waals surface area contributed by atoms with E-state index < -0.39 is 18.2 Å². The van der Waals surface area contributed by atoms with Crippen LogP contribution in [0.1, 0.15) is 142 Å². The second-order valence-corrected chi connectivity index (χ2v) is 9.95. The number of hydrogen-bond donors (Lipinski definition) is 4. The molecule has 0 aromatic carbocycles. The SMILES string of the molecule is CCCC/C=C\CCCCCCC(=O)NC(CO)C(O)C(O)CCCCCCCCCCCC. The summed E-state index contributed by atoms with van der Waals surface area (Å²) < 4.78 is 0. The third-order valence-electron chi connectivity index (χ3n) is 6.62. The van der Waals surface area contributed by atoms with Gasteiger partial charge in [0.15, 0.2) is 0 Å². The summed E-state index contributed by atoms with van der Waals surface area (Å²) in [5.74, 6) is -0.163. The molecule has 4 N–H and O–H groups in total. The first kappa shape index (κ1) is 33.1. The van der Waals surface area contributed by atoms with Crippen molar-refractivity contribution in [2.45, 2.75) is 161 Å². The van der Waals surface area contributed by atoms with Gasteiger partial charge in [-0.3, -0.25) is 4.79 Å². The summed E-state index contributed by atoms with van der Waals surface area (Å²) in [6.07, 6.45) is 24.4. The van der Waals surface area contributed by atoms with Gasteiger partial charge >= 0.3 is 0 Å². The van der Waals surface area contributed by atoms with E-state index in [1.807, 2.05) is 0 Å². The Balaban J connectivity index is 3.82. The Hall–Kier alpha value is -0.910. The fraction of sp³-hybridized carbons (Fsp3) is 0.897. The molecule has 34 heavy (non-hydrogen) atoms. The molecule has 0 aliphatic heterocycles. The Bertz CT molecular complexity index is 469. The Labute approximate surface area is 210 Å². The molecule has 3 unspecified atom stereocenters. The number of carbonyl (C=O) groups is 1. The van der Waals surface area contributed by atoms with Gasteiger partial charge < -0.3 is 20.6 Å². The first-order valence-corrected chi connectivity index (χ1v) is 14.5. The van der Waals surface area contributed by atoms with E-state index in [0.717, 1.165) is 51.4 Å². The molecule has 202 valence electrons. The second kappa shape index (κ2) is 25.2. The second-order valence-electron chi connectivity index (χ2n) is 9.95. The van der Waals surface area contributed by atoms with E-state index in [1.54, 1.807) is 0 Å². The lowest BCUT2D eigenvalue weighted by Crippen LogP contribution is -2.50. The number of nitrogens with one attached hydrogen (secondary N) is 1. The fourth-order valence-corrected chi connectivity index (χ4v) is 4.26. The topological polar surface area (TPSA) is 89.8 Å². The zero-order chi connectivity index (χ0) is 25.3. The maximum atomic E-state index is 12.2. The number of amides is 1. The van der Waals surface area contributed by atoms with Crippen LogP contribution in [0.25, 0.3) is 0 Å². The van der Waals surface area contributed by atoms with Crippen LogP contribution in [-0.4, -0.2) is 46.1 Å². The summed E-state index contributed by atoms with van der Waals surface area (Å²) in [6.45, 7) is 4.07. The maximum Gasteiger partial charge on any atom is 0.220 e. The Morgan fingerprint density at radius 1 is 0.706 bits per heavy atom. The molecule has 0 rings (SSSR count). The zero-order valence-electron chi connectivity index (χ0n) is 22.5. The first-order valence-electron chi connectivity index (χ1n) is 14.5. The number of aliphatic hydroxyl groups is 3. The molecule has 0 fully saturated rings. The maximum absolute atomic E-state index is 12.2. The quantitative estimate of drug-likeness (QED) is 0.0871. The van der Waals surface area contributed by atoms with Crippen LogP contribution in [0.3, 0.4) is 0 Å². The predicted octanol–water partition coefficient (Wildman–Crippen LogP) is 6.58. The highest BCUT2D eigenvalue weighted by Gasteiger charge is 2.26. The van der Waals surface area contributed by atoms with Crippen molar-refractivity contribution in [2.24, 2.45) is 0 Å². The summed E-state index contributed by atoms with van der Waals surface area (Å²) in [5.41, 5.74) is 0. The van der Waals surface area contributed by atoms with Crippen molar-refractivity contribution in [3.05, 3.63) is 12.2 Å². The van der Waals surface area contributed by atoms with Gasteiger partial charge in [-0.25, -0.2) is 0 Å². The fourth-order valence-electron chi connectivity index (χ4n) is 4.26. The smallest absolute Gasteiger partial charge is 0.220 e. The average molecular weight is 484 g/mol. The van der Waals surface area contributed by atoms with Gasteiger partial charge in [0.2, 0.25) is 5.91 Å². The Morgan fingerprint density at radius 3 is 1.79 bits per heavy atom. The number of rotatable bonds is 25. The monoisotopic (exact) mass is 483 g/mol. The van der Waals surface area contributed by atoms with Gasteiger partial charge in [-0.05, 0) is 32.1 Å². The van der Waals surface area contributed by atoms with Crippen LogP contribution >= 0.6 is 0 Å². The van der Waals surface area contributed by atoms with E-state index in [9.17, 15) is 20.1 Å². The van der Waals surface area contributed by atoms with Gasteiger partial charge in [0.05, 0.1) is 18.8 Å². The minimum Gasteiger partial charge on any atom is -0.394 e. The Kier molecular flexibility index (Phi) is 24.5. The molecule has 0 aliphatic rings. The molecule has 3 atom stereocenters. The van der Waals surface area contributed by atoms with Crippen LogP contribution in [0, 0.1) is 0 Å². The van der Waals surface area contributed by atoms with E-state index in [2.05, 4.69) is 31.3 Å². The van der Waals surface area contributed by atoms with Gasteiger partial charge in [0, 0.05) is 6.42 Å². The highest BCUT2D eigenvalue weighted by atomic mass is 16.3. The minimum atomic E-state index is -1.13. The molecule has 0 aliphatic carbocycles. The van der Waals surface area contributed by atoms with Crippen molar-refractivity contribution >= 4 is 5.91 Å². The van der Waals surface area contributed by atoms with Crippen LogP contribution in [0.2, 0.25) is 0 Å². The summed E-state index contributed by atoms with van der Waals surface area (Å²) in [7, 11) is 0. The van der Waals surface area contributed by atoms with Gasteiger partial charge in [0.1, 0.15) is 6.10 Å². The average Bonchev–Trinajstić information content (AvgIpc) is 2.84. The Morgan fingerprint density at radius 2 is 1.21 bits per heavy atom. The summed E-state index contributed by atoms with van der Waals surface area (Å²) in [5, 5.41) is 33.0. The molecule has 0 aromatic heterocycles. The zero-order valence-corrected chi connectivity index (χ0v) is 22.5. The van der Waals surface area contributed by atoms with E-state index in [0.29, 0.717) is 12.8 Å². The molecule has 5 nitrogen and oxygen atoms in total. The predicted molar refractivity (Wildman–Crippen MR) is 144 cm³/mol. The lowest BCUT2D eigenvalue weighted by atomic mass is 9.99. The van der Waals surface area contributed by atoms with Crippen LogP contribution in [-0.2, 0) is 4.79 Å². The van der Waals surface area contributed by atoms with Crippen LogP contribution in [0.5, 0.6) is 0 Å². The lowest BCUT2D eigenvalue weighted by molar-refractivity contribution is -0.124. The number of hydrogen-bond acceptors (Lipinski definition) is 4. The summed E-state index contributed by atoms with van der Waals surface area (Å²) >= 11 is 0. The lowest BCUT2D eigenvalue weighted by Gasteiger charge is -2.26. The number of carbonyl (C=O) groups excluding carboxylic acids is 1. The van der Waals surface area contributed by atoms with E-state index in [-0.39, 0.29) is 12.5 Å². The highest BCUT2D eigenvalue weighted by molar-refractivity contribution is 5.76. The van der Waals surface area contributed by atoms with Crippen molar-refractivity contribution < 1.29 is 20.1 Å². The van der Waals surface area contributed by atoms with Crippen molar-refractivity contribution in [3.8, 4) is 0 Å². The van der Waals surface area contributed by atoms with Crippen LogP contribution < -0.4 is 5.32 Å². The number of unbranched alkanes of at least 4 members (excludes halogenated alkanes) is 15. The van der Waals surface area contributed by atoms with Gasteiger partial charge in [0.25, 0.3) is 0 Å². The van der Waals surface area contributed by atoms with E-state index in [4.69, 9.17) is 0 Å². The summed E-state index contributed by atoms with van der Waals surface area (Å²) in [4.78, 5) is 12.2. The molecule has 1 amide bonds. The van der Waals surface area contributed by atoms with E-state index in [1.165, 1.54) is 64.2 Å². The molecule has 0 bridgehead atoms. The molecular formula is C29H57NO4.